The first-order valence-corrected chi connectivity index (χ1v) is 3.37. The van der Waals surface area contributed by atoms with Gasteiger partial charge in [-0.3, -0.25) is 0 Å². The van der Waals surface area contributed by atoms with Crippen molar-refractivity contribution in [2.75, 3.05) is 13.7 Å². The van der Waals surface area contributed by atoms with Crippen LogP contribution in [0.3, 0.4) is 0 Å². The second-order valence-corrected chi connectivity index (χ2v) is 4.29. The molecule has 0 aromatic heterocycles. The fourth-order valence-corrected chi connectivity index (χ4v) is 0.655. The van der Waals surface area contributed by atoms with E-state index in [0.717, 1.165) is 0 Å². The number of rotatable bonds is 2. The summed E-state index contributed by atoms with van der Waals surface area (Å²) < 4.78 is 5.01. The Bertz CT molecular complexity index is 30.0. The molecule has 0 bridgehead atoms. The number of hydrogen-bond donors (Lipinski definition) is 0. The molecule has 0 aromatic carbocycles. The summed E-state index contributed by atoms with van der Waals surface area (Å²) in [4.78, 5) is 0. The van der Waals surface area contributed by atoms with Crippen LogP contribution >= 0.6 is 31.9 Å². The summed E-state index contributed by atoms with van der Waals surface area (Å²) in [5.41, 5.74) is 0. The van der Waals surface area contributed by atoms with Crippen molar-refractivity contribution in [3.8, 4) is 0 Å². The molecule has 0 radical (unpaired) electrons. The summed E-state index contributed by atoms with van der Waals surface area (Å²) in [6.45, 7) is 0.708. The molecule has 0 heterocycles. The van der Waals surface area contributed by atoms with Gasteiger partial charge in [0.2, 0.25) is 0 Å². The summed E-state index contributed by atoms with van der Waals surface area (Å²) in [6.07, 6.45) is 0. The normalized spacial score (nSPS) is 10.0. The molecule has 0 N–H and O–H groups in total. The van der Waals surface area contributed by atoms with Crippen LogP contribution in [0.25, 0.3) is 0 Å². The number of halogens is 2. The van der Waals surface area contributed by atoms with Gasteiger partial charge in [-0.15, -0.1) is 0 Å². The van der Waals surface area contributed by atoms with Crippen LogP contribution in [-0.4, -0.2) is 17.5 Å². The highest BCUT2D eigenvalue weighted by molar-refractivity contribution is 9.24. The predicted octanol–water partition coefficient (Wildman–Crippen LogP) is 1.75. The van der Waals surface area contributed by atoms with Crippen LogP contribution in [0.2, 0.25) is 0 Å². The van der Waals surface area contributed by atoms with Crippen LogP contribution in [0.5, 0.6) is 0 Å². The highest BCUT2D eigenvalue weighted by Crippen LogP contribution is 2.06. The monoisotopic (exact) mass is 216 g/mol. The molecular formula is C3H6Br2O. The Morgan fingerprint density at radius 2 is 2.17 bits per heavy atom. The molecule has 38 valence electrons. The summed E-state index contributed by atoms with van der Waals surface area (Å²) in [5, 5.41) is 0. The molecule has 0 aromatic rings. The molecule has 0 rings (SSSR count). The van der Waals surface area contributed by atoms with Crippen molar-refractivity contribution >= 4 is 31.9 Å². The maximum absolute atomic E-state index is 4.71. The molecule has 6 heavy (non-hydrogen) atoms. The minimum absolute atomic E-state index is 0.301. The summed E-state index contributed by atoms with van der Waals surface area (Å²) >= 11 is 6.45. The molecule has 0 amide bonds. The summed E-state index contributed by atoms with van der Waals surface area (Å²) in [5.74, 6) is 0. The lowest BCUT2D eigenvalue weighted by atomic mass is 10.9. The van der Waals surface area contributed by atoms with Gasteiger partial charge in [0, 0.05) is 7.11 Å². The molecule has 0 aliphatic rings. The van der Waals surface area contributed by atoms with Crippen molar-refractivity contribution in [3.05, 3.63) is 0 Å². The molecule has 0 saturated carbocycles. The second kappa shape index (κ2) is 4.09. The first-order chi connectivity index (χ1) is 2.77. The van der Waals surface area contributed by atoms with E-state index in [9.17, 15) is 0 Å². The minimum atomic E-state index is 0.301. The Hall–Kier alpha value is 0.920. The molecule has 1 nitrogen and oxygen atoms in total. The van der Waals surface area contributed by atoms with E-state index >= 15 is 0 Å². The Labute approximate surface area is 54.3 Å². The zero-order valence-corrected chi connectivity index (χ0v) is 6.62. The maximum atomic E-state index is 4.71. The van der Waals surface area contributed by atoms with Crippen molar-refractivity contribution in [1.82, 2.24) is 0 Å². The largest absolute Gasteiger partial charge is 0.383 e. The number of methoxy groups -OCH3 is 1. The highest BCUT2D eigenvalue weighted by atomic mass is 79.9. The van der Waals surface area contributed by atoms with Crippen LogP contribution in [0.4, 0.5) is 0 Å². The predicted molar refractivity (Wildman–Crippen MR) is 33.5 cm³/mol. The lowest BCUT2D eigenvalue weighted by Crippen LogP contribution is -1.95. The zero-order valence-electron chi connectivity index (χ0n) is 3.45. The van der Waals surface area contributed by atoms with E-state index in [1.807, 2.05) is 0 Å². The van der Waals surface area contributed by atoms with E-state index in [4.69, 9.17) is 4.74 Å². The Balaban J connectivity index is 2.63. The second-order valence-electron chi connectivity index (χ2n) is 0.846. The van der Waals surface area contributed by atoms with Gasteiger partial charge in [-0.25, -0.2) is 0 Å². The molecule has 0 aliphatic carbocycles. The van der Waals surface area contributed by atoms with E-state index in [1.54, 1.807) is 7.11 Å². The average molecular weight is 218 g/mol. The van der Waals surface area contributed by atoms with Crippen molar-refractivity contribution < 1.29 is 4.74 Å². The number of ether oxygens (including phenoxy) is 1. The van der Waals surface area contributed by atoms with Gasteiger partial charge in [0.15, 0.2) is 0 Å². The van der Waals surface area contributed by atoms with E-state index in [-0.39, 0.29) is 0 Å². The third-order valence-corrected chi connectivity index (χ3v) is 0.821. The Kier molecular flexibility index (Phi) is 4.72. The van der Waals surface area contributed by atoms with Gasteiger partial charge in [-0.1, -0.05) is 31.9 Å². The van der Waals surface area contributed by atoms with Crippen LogP contribution in [0.15, 0.2) is 0 Å². The Morgan fingerprint density at radius 3 is 2.17 bits per heavy atom. The molecule has 0 fully saturated rings. The van der Waals surface area contributed by atoms with Crippen molar-refractivity contribution in [2.24, 2.45) is 0 Å². The van der Waals surface area contributed by atoms with E-state index in [1.165, 1.54) is 0 Å². The highest BCUT2D eigenvalue weighted by Gasteiger charge is 1.90. The van der Waals surface area contributed by atoms with Gasteiger partial charge in [-0.05, 0) is 0 Å². The van der Waals surface area contributed by atoms with Gasteiger partial charge in [0.25, 0.3) is 0 Å². The van der Waals surface area contributed by atoms with E-state index in [2.05, 4.69) is 31.9 Å². The third kappa shape index (κ3) is 4.92. The fourth-order valence-electron chi connectivity index (χ4n) is 0.126. The summed E-state index contributed by atoms with van der Waals surface area (Å²) in [6, 6.07) is 0. The van der Waals surface area contributed by atoms with Gasteiger partial charge in [0.1, 0.15) is 0 Å². The lowest BCUT2D eigenvalue weighted by molar-refractivity contribution is 0.215. The topological polar surface area (TPSA) is 9.23 Å². The molecule has 0 spiro atoms. The van der Waals surface area contributed by atoms with Gasteiger partial charge in [0.05, 0.1) is 10.3 Å². The quantitative estimate of drug-likeness (QED) is 0.641. The standard InChI is InChI=1S/C3H6Br2O/c1-6-2-3(4)5/h3H,2H2,1H3. The van der Waals surface area contributed by atoms with Crippen LogP contribution in [-0.2, 0) is 4.74 Å². The van der Waals surface area contributed by atoms with Crippen LogP contribution < -0.4 is 0 Å². The Morgan fingerprint density at radius 1 is 1.67 bits per heavy atom. The molecule has 0 atom stereocenters. The van der Waals surface area contributed by atoms with Gasteiger partial charge < -0.3 is 4.74 Å². The molecule has 3 heteroatoms. The fraction of sp³-hybridized carbons (Fsp3) is 1.00. The van der Waals surface area contributed by atoms with Crippen molar-refractivity contribution in [2.45, 2.75) is 3.74 Å². The SMILES string of the molecule is COCC(Br)Br. The van der Waals surface area contributed by atoms with Crippen molar-refractivity contribution in [3.63, 3.8) is 0 Å². The number of alkyl halides is 2. The van der Waals surface area contributed by atoms with Gasteiger partial charge >= 0.3 is 0 Å². The van der Waals surface area contributed by atoms with Crippen LogP contribution in [0, 0.1) is 0 Å². The lowest BCUT2D eigenvalue weighted by Gasteiger charge is -1.93. The van der Waals surface area contributed by atoms with E-state index in [0.29, 0.717) is 10.3 Å². The molecule has 0 saturated heterocycles. The first kappa shape index (κ1) is 6.92. The average Bonchev–Trinajstić information content (AvgIpc) is 1.35. The zero-order chi connectivity index (χ0) is 4.99. The molecule has 0 aliphatic heterocycles. The minimum Gasteiger partial charge on any atom is -0.383 e. The molecular weight excluding hydrogens is 212 g/mol. The maximum Gasteiger partial charge on any atom is 0.0930 e. The third-order valence-electron chi connectivity index (χ3n) is 0.293. The molecule has 0 unspecified atom stereocenters. The van der Waals surface area contributed by atoms with Gasteiger partial charge in [-0.2, -0.15) is 0 Å². The summed E-state index contributed by atoms with van der Waals surface area (Å²) in [7, 11) is 1.66. The number of hydrogen-bond acceptors (Lipinski definition) is 1. The first-order valence-electron chi connectivity index (χ1n) is 1.54. The van der Waals surface area contributed by atoms with Crippen LogP contribution in [0.1, 0.15) is 0 Å². The smallest absolute Gasteiger partial charge is 0.0930 e. The van der Waals surface area contributed by atoms with Crippen molar-refractivity contribution in [1.29, 1.82) is 0 Å². The van der Waals surface area contributed by atoms with E-state index < -0.39 is 0 Å².